The van der Waals surface area contributed by atoms with Gasteiger partial charge in [-0.05, 0) is 45.4 Å². The minimum Gasteiger partial charge on any atom is -0.369 e. The highest BCUT2D eigenvalue weighted by atomic mass is 16.2. The lowest BCUT2D eigenvalue weighted by Crippen LogP contribution is -2.49. The summed E-state index contributed by atoms with van der Waals surface area (Å²) >= 11 is 0. The van der Waals surface area contributed by atoms with Crippen LogP contribution in [0.3, 0.4) is 0 Å². The van der Waals surface area contributed by atoms with E-state index in [0.29, 0.717) is 5.92 Å². The molecule has 22 heavy (non-hydrogen) atoms. The topological polar surface area (TPSA) is 72.2 Å². The molecule has 1 rings (SSSR count). The first kappa shape index (κ1) is 19.0. The Morgan fingerprint density at radius 1 is 1.18 bits per heavy atom. The van der Waals surface area contributed by atoms with Crippen molar-refractivity contribution in [3.05, 3.63) is 0 Å². The summed E-state index contributed by atoms with van der Waals surface area (Å²) in [5, 5.41) is 3.02. The average molecular weight is 310 g/mol. The van der Waals surface area contributed by atoms with E-state index in [1.807, 2.05) is 34.6 Å². The SMILES string of the molecule is CC(C)C(C(=O)NC(C)(C)C)[C@H](CCC1CCCC1)C(N)=O. The molecule has 0 heterocycles. The van der Waals surface area contributed by atoms with Crippen molar-refractivity contribution in [2.24, 2.45) is 29.4 Å². The predicted molar refractivity (Wildman–Crippen MR) is 90.1 cm³/mol. The van der Waals surface area contributed by atoms with Gasteiger partial charge in [0, 0.05) is 11.5 Å². The molecule has 0 aliphatic heterocycles. The smallest absolute Gasteiger partial charge is 0.224 e. The fourth-order valence-electron chi connectivity index (χ4n) is 3.62. The Bertz CT molecular complexity index is 379. The molecule has 1 aliphatic carbocycles. The third-order valence-electron chi connectivity index (χ3n) is 4.68. The van der Waals surface area contributed by atoms with Crippen LogP contribution in [0, 0.1) is 23.7 Å². The summed E-state index contributed by atoms with van der Waals surface area (Å²) in [6, 6.07) is 0. The van der Waals surface area contributed by atoms with E-state index in [1.54, 1.807) is 0 Å². The van der Waals surface area contributed by atoms with E-state index in [-0.39, 0.29) is 35.1 Å². The molecule has 1 saturated carbocycles. The number of hydrogen-bond acceptors (Lipinski definition) is 2. The van der Waals surface area contributed by atoms with Crippen LogP contribution < -0.4 is 11.1 Å². The number of carbonyl (C=O) groups is 2. The molecule has 0 radical (unpaired) electrons. The number of amides is 2. The van der Waals surface area contributed by atoms with Crippen molar-refractivity contribution in [3.8, 4) is 0 Å². The van der Waals surface area contributed by atoms with Gasteiger partial charge in [-0.1, -0.05) is 39.5 Å². The summed E-state index contributed by atoms with van der Waals surface area (Å²) in [7, 11) is 0. The van der Waals surface area contributed by atoms with Crippen molar-refractivity contribution in [1.82, 2.24) is 5.32 Å². The molecule has 4 heteroatoms. The molecule has 4 nitrogen and oxygen atoms in total. The lowest BCUT2D eigenvalue weighted by Gasteiger charge is -2.31. The molecule has 0 aromatic heterocycles. The van der Waals surface area contributed by atoms with Crippen molar-refractivity contribution >= 4 is 11.8 Å². The second-order valence-electron chi connectivity index (χ2n) is 8.25. The van der Waals surface area contributed by atoms with Crippen LogP contribution >= 0.6 is 0 Å². The predicted octanol–water partition coefficient (Wildman–Crippen LogP) is 3.25. The van der Waals surface area contributed by atoms with Gasteiger partial charge in [0.05, 0.1) is 5.92 Å². The lowest BCUT2D eigenvalue weighted by molar-refractivity contribution is -0.136. The quantitative estimate of drug-likeness (QED) is 0.757. The third kappa shape index (κ3) is 5.98. The number of nitrogens with two attached hydrogens (primary N) is 1. The molecule has 3 N–H and O–H groups in total. The minimum atomic E-state index is -0.358. The first-order valence-electron chi connectivity index (χ1n) is 8.73. The summed E-state index contributed by atoms with van der Waals surface area (Å²) in [5.41, 5.74) is 5.35. The third-order valence-corrected chi connectivity index (χ3v) is 4.68. The number of primary amides is 1. The Hall–Kier alpha value is -1.06. The Morgan fingerprint density at radius 3 is 2.14 bits per heavy atom. The zero-order chi connectivity index (χ0) is 16.9. The number of hydrogen-bond donors (Lipinski definition) is 2. The van der Waals surface area contributed by atoms with Crippen LogP contribution in [0.5, 0.6) is 0 Å². The van der Waals surface area contributed by atoms with Gasteiger partial charge in [0.2, 0.25) is 11.8 Å². The fourth-order valence-corrected chi connectivity index (χ4v) is 3.62. The molecular formula is C18H34N2O2. The van der Waals surface area contributed by atoms with E-state index < -0.39 is 0 Å². The van der Waals surface area contributed by atoms with Gasteiger partial charge in [0.25, 0.3) is 0 Å². The second-order valence-corrected chi connectivity index (χ2v) is 8.25. The minimum absolute atomic E-state index is 0.0438. The van der Waals surface area contributed by atoms with Crippen LogP contribution in [0.15, 0.2) is 0 Å². The average Bonchev–Trinajstić information content (AvgIpc) is 2.83. The maximum absolute atomic E-state index is 12.6. The van der Waals surface area contributed by atoms with Crippen molar-refractivity contribution in [1.29, 1.82) is 0 Å². The highest BCUT2D eigenvalue weighted by molar-refractivity contribution is 5.87. The molecule has 1 fully saturated rings. The molecule has 1 unspecified atom stereocenters. The molecule has 0 saturated heterocycles. The van der Waals surface area contributed by atoms with Gasteiger partial charge in [-0.2, -0.15) is 0 Å². The Balaban J connectivity index is 2.77. The van der Waals surface area contributed by atoms with Crippen molar-refractivity contribution in [2.75, 3.05) is 0 Å². The first-order valence-corrected chi connectivity index (χ1v) is 8.73. The molecular weight excluding hydrogens is 276 g/mol. The van der Waals surface area contributed by atoms with Crippen LogP contribution in [-0.2, 0) is 9.59 Å². The monoisotopic (exact) mass is 310 g/mol. The summed E-state index contributed by atoms with van der Waals surface area (Å²) in [6.07, 6.45) is 6.85. The van der Waals surface area contributed by atoms with Gasteiger partial charge in [0.1, 0.15) is 0 Å². The summed E-state index contributed by atoms with van der Waals surface area (Å²) in [6.45, 7) is 9.87. The van der Waals surface area contributed by atoms with Gasteiger partial charge in [0.15, 0.2) is 0 Å². The molecule has 128 valence electrons. The number of rotatable bonds is 7. The first-order chi connectivity index (χ1) is 10.1. The second kappa shape index (κ2) is 7.98. The maximum atomic E-state index is 12.6. The number of carbonyl (C=O) groups excluding carboxylic acids is 2. The molecule has 2 atom stereocenters. The molecule has 0 bridgehead atoms. The van der Waals surface area contributed by atoms with Gasteiger partial charge in [-0.15, -0.1) is 0 Å². The van der Waals surface area contributed by atoms with Crippen LogP contribution in [0.2, 0.25) is 0 Å². The van der Waals surface area contributed by atoms with Gasteiger partial charge in [-0.3, -0.25) is 9.59 Å². The largest absolute Gasteiger partial charge is 0.369 e. The molecule has 0 aromatic rings. The Kier molecular flexibility index (Phi) is 6.89. The van der Waals surface area contributed by atoms with Crippen LogP contribution in [-0.4, -0.2) is 17.4 Å². The maximum Gasteiger partial charge on any atom is 0.224 e. The zero-order valence-electron chi connectivity index (χ0n) is 14.9. The standard InChI is InChI=1S/C18H34N2O2/c1-12(2)15(17(22)20-18(3,4)5)14(16(19)21)11-10-13-8-6-7-9-13/h12-15H,6-11H2,1-5H3,(H2,19,21)(H,20,22)/t14-,15?/m0/s1. The molecule has 0 aromatic carbocycles. The van der Waals surface area contributed by atoms with E-state index in [2.05, 4.69) is 5.32 Å². The highest BCUT2D eigenvalue weighted by Crippen LogP contribution is 2.33. The highest BCUT2D eigenvalue weighted by Gasteiger charge is 2.36. The number of nitrogens with one attached hydrogen (secondary N) is 1. The normalized spacial score (nSPS) is 19.2. The van der Waals surface area contributed by atoms with E-state index in [4.69, 9.17) is 5.73 Å². The lowest BCUT2D eigenvalue weighted by atomic mass is 9.78. The summed E-state index contributed by atoms with van der Waals surface area (Å²) in [5.74, 6) is -0.261. The van der Waals surface area contributed by atoms with E-state index in [0.717, 1.165) is 12.8 Å². The van der Waals surface area contributed by atoms with Gasteiger partial charge in [-0.25, -0.2) is 0 Å². The van der Waals surface area contributed by atoms with Crippen LogP contribution in [0.1, 0.15) is 73.1 Å². The van der Waals surface area contributed by atoms with E-state index >= 15 is 0 Å². The molecule has 0 spiro atoms. The van der Waals surface area contributed by atoms with Crippen molar-refractivity contribution in [2.45, 2.75) is 78.7 Å². The summed E-state index contributed by atoms with van der Waals surface area (Å²) < 4.78 is 0. The van der Waals surface area contributed by atoms with Gasteiger partial charge >= 0.3 is 0 Å². The zero-order valence-corrected chi connectivity index (χ0v) is 14.9. The van der Waals surface area contributed by atoms with Crippen molar-refractivity contribution in [3.63, 3.8) is 0 Å². The van der Waals surface area contributed by atoms with Crippen LogP contribution in [0.4, 0.5) is 0 Å². The fraction of sp³-hybridized carbons (Fsp3) is 0.889. The van der Waals surface area contributed by atoms with E-state index in [9.17, 15) is 9.59 Å². The van der Waals surface area contributed by atoms with E-state index in [1.165, 1.54) is 25.7 Å². The molecule has 1 aliphatic rings. The molecule has 2 amide bonds. The Labute approximate surface area is 135 Å². The van der Waals surface area contributed by atoms with Gasteiger partial charge < -0.3 is 11.1 Å². The van der Waals surface area contributed by atoms with Crippen LogP contribution in [0.25, 0.3) is 0 Å². The van der Waals surface area contributed by atoms with Crippen molar-refractivity contribution < 1.29 is 9.59 Å². The summed E-state index contributed by atoms with van der Waals surface area (Å²) in [4.78, 5) is 24.6. The Morgan fingerprint density at radius 2 is 1.73 bits per heavy atom.